The molecule has 1 aromatic rings. The van der Waals surface area contributed by atoms with Crippen molar-refractivity contribution in [3.63, 3.8) is 0 Å². The van der Waals surface area contributed by atoms with Crippen molar-refractivity contribution in [1.29, 1.82) is 0 Å². The van der Waals surface area contributed by atoms with Gasteiger partial charge in [-0.25, -0.2) is 8.42 Å². The summed E-state index contributed by atoms with van der Waals surface area (Å²) in [5.41, 5.74) is 0.688. The third-order valence-corrected chi connectivity index (χ3v) is 13.7. The second-order valence-electron chi connectivity index (χ2n) is 9.66. The van der Waals surface area contributed by atoms with Crippen LogP contribution in [-0.4, -0.2) is 47.3 Å². The number of sulfonamides is 1. The number of rotatable bonds is 4. The lowest BCUT2D eigenvalue weighted by Crippen LogP contribution is -2.41. The maximum atomic E-state index is 13.0. The normalized spacial score (nSPS) is 31.2. The molecule has 31 heavy (non-hydrogen) atoms. The van der Waals surface area contributed by atoms with Gasteiger partial charge < -0.3 is 5.32 Å². The molecule has 0 radical (unpaired) electrons. The van der Waals surface area contributed by atoms with E-state index < -0.39 is 10.0 Å². The van der Waals surface area contributed by atoms with Gasteiger partial charge in [-0.05, 0) is 80.5 Å². The molecule has 170 valence electrons. The minimum atomic E-state index is -3.45. The van der Waals surface area contributed by atoms with Crippen molar-refractivity contribution in [2.75, 3.05) is 29.9 Å². The van der Waals surface area contributed by atoms with Gasteiger partial charge in [0.2, 0.25) is 15.9 Å². The van der Waals surface area contributed by atoms with Crippen LogP contribution in [0.25, 0.3) is 0 Å². The van der Waals surface area contributed by atoms with Gasteiger partial charge in [-0.1, -0.05) is 6.92 Å². The Morgan fingerprint density at radius 3 is 2.16 bits per heavy atom. The van der Waals surface area contributed by atoms with E-state index >= 15 is 0 Å². The van der Waals surface area contributed by atoms with Gasteiger partial charge in [0, 0.05) is 36.2 Å². The maximum absolute atomic E-state index is 13.0. The Balaban J connectivity index is 1.22. The average molecular weight is 481 g/mol. The van der Waals surface area contributed by atoms with E-state index in [4.69, 9.17) is 0 Å². The summed E-state index contributed by atoms with van der Waals surface area (Å²) in [6.07, 6.45) is 6.32. The molecule has 5 nitrogen and oxygen atoms in total. The zero-order chi connectivity index (χ0) is 21.6. The lowest BCUT2D eigenvalue weighted by Gasteiger charge is -2.42. The molecule has 5 rings (SSSR count). The summed E-state index contributed by atoms with van der Waals surface area (Å²) in [4.78, 5) is 13.3. The number of piperidine rings is 1. The predicted octanol–water partition coefficient (Wildman–Crippen LogP) is 4.66. The molecule has 0 aromatic heterocycles. The first-order valence-electron chi connectivity index (χ1n) is 11.6. The second kappa shape index (κ2) is 8.58. The molecule has 2 saturated heterocycles. The fourth-order valence-corrected chi connectivity index (χ4v) is 11.4. The van der Waals surface area contributed by atoms with Crippen LogP contribution in [-0.2, 0) is 14.8 Å². The van der Waals surface area contributed by atoms with Gasteiger partial charge in [0.25, 0.3) is 0 Å². The van der Waals surface area contributed by atoms with E-state index in [0.717, 1.165) is 25.7 Å². The number of carbonyl (C=O) groups is 1. The highest BCUT2D eigenvalue weighted by molar-refractivity contribution is 8.21. The molecular weight excluding hydrogens is 448 g/mol. The molecule has 8 heteroatoms. The Hall–Kier alpha value is -0.700. The van der Waals surface area contributed by atoms with Gasteiger partial charge in [-0.15, -0.1) is 23.5 Å². The largest absolute Gasteiger partial charge is 0.326 e. The van der Waals surface area contributed by atoms with E-state index in [-0.39, 0.29) is 11.8 Å². The van der Waals surface area contributed by atoms with E-state index in [0.29, 0.717) is 45.5 Å². The number of nitrogens with one attached hydrogen (secondary N) is 1. The molecule has 1 aromatic carbocycles. The van der Waals surface area contributed by atoms with Crippen molar-refractivity contribution in [3.05, 3.63) is 24.3 Å². The highest BCUT2D eigenvalue weighted by atomic mass is 32.2. The highest BCUT2D eigenvalue weighted by Crippen LogP contribution is 2.65. The smallest absolute Gasteiger partial charge is 0.243 e. The molecular formula is C23H32N2O3S3. The summed E-state index contributed by atoms with van der Waals surface area (Å²) in [5.74, 6) is 4.56. The summed E-state index contributed by atoms with van der Waals surface area (Å²) in [7, 11) is -3.45. The van der Waals surface area contributed by atoms with Gasteiger partial charge in [-0.3, -0.25) is 4.79 Å². The molecule has 4 fully saturated rings. The molecule has 2 heterocycles. The molecule has 4 aliphatic rings. The summed E-state index contributed by atoms with van der Waals surface area (Å²) in [6.45, 7) is 3.35. The van der Waals surface area contributed by atoms with Crippen molar-refractivity contribution in [3.8, 4) is 0 Å². The number of hydrogen-bond acceptors (Lipinski definition) is 5. The van der Waals surface area contributed by atoms with Crippen LogP contribution in [0.3, 0.4) is 0 Å². The first kappa shape index (κ1) is 22.1. The van der Waals surface area contributed by atoms with Crippen LogP contribution in [0.15, 0.2) is 29.2 Å². The number of hydrogen-bond donors (Lipinski definition) is 1. The summed E-state index contributed by atoms with van der Waals surface area (Å²) < 4.78 is 27.8. The molecule has 2 aliphatic heterocycles. The zero-order valence-electron chi connectivity index (χ0n) is 18.1. The number of nitrogens with zero attached hydrogens (tertiary/aromatic N) is 1. The molecule has 2 saturated carbocycles. The van der Waals surface area contributed by atoms with Gasteiger partial charge in [0.1, 0.15) is 0 Å². The number of amides is 1. The van der Waals surface area contributed by atoms with E-state index in [1.165, 1.54) is 24.3 Å². The van der Waals surface area contributed by atoms with Crippen molar-refractivity contribution in [1.82, 2.24) is 4.31 Å². The van der Waals surface area contributed by atoms with Crippen LogP contribution in [0.4, 0.5) is 5.69 Å². The monoisotopic (exact) mass is 480 g/mol. The quantitative estimate of drug-likeness (QED) is 0.679. The Labute approximate surface area is 194 Å². The predicted molar refractivity (Wildman–Crippen MR) is 129 cm³/mol. The second-order valence-corrected chi connectivity index (χ2v) is 14.6. The maximum Gasteiger partial charge on any atom is 0.243 e. The fraction of sp³-hybridized carbons (Fsp3) is 0.696. The molecule has 2 unspecified atom stereocenters. The average Bonchev–Trinajstić information content (AvgIpc) is 3.29. The summed E-state index contributed by atoms with van der Waals surface area (Å²) in [5, 5.41) is 3.06. The summed E-state index contributed by atoms with van der Waals surface area (Å²) >= 11 is 4.30. The van der Waals surface area contributed by atoms with Crippen LogP contribution in [0.2, 0.25) is 0 Å². The lowest BCUT2D eigenvalue weighted by atomic mass is 9.79. The summed E-state index contributed by atoms with van der Waals surface area (Å²) in [6, 6.07) is 6.74. The number of thioether (sulfide) groups is 2. The molecule has 2 bridgehead atoms. The van der Waals surface area contributed by atoms with E-state index in [1.54, 1.807) is 28.6 Å². The van der Waals surface area contributed by atoms with Crippen molar-refractivity contribution >= 4 is 45.1 Å². The number of anilines is 1. The molecule has 1 spiro atoms. The van der Waals surface area contributed by atoms with Crippen LogP contribution < -0.4 is 5.32 Å². The zero-order valence-corrected chi connectivity index (χ0v) is 20.5. The van der Waals surface area contributed by atoms with Gasteiger partial charge >= 0.3 is 0 Å². The van der Waals surface area contributed by atoms with E-state index in [2.05, 4.69) is 35.8 Å². The highest BCUT2D eigenvalue weighted by Gasteiger charge is 2.57. The minimum Gasteiger partial charge on any atom is -0.326 e. The number of carbonyl (C=O) groups excluding carboxylic acids is 1. The van der Waals surface area contributed by atoms with E-state index in [9.17, 15) is 13.2 Å². The molecule has 2 atom stereocenters. The number of benzene rings is 1. The first-order valence-corrected chi connectivity index (χ1v) is 15.0. The van der Waals surface area contributed by atoms with Gasteiger partial charge in [-0.2, -0.15) is 4.31 Å². The van der Waals surface area contributed by atoms with E-state index in [1.807, 2.05) is 0 Å². The Kier molecular flexibility index (Phi) is 6.12. The first-order chi connectivity index (χ1) is 14.9. The van der Waals surface area contributed by atoms with Crippen LogP contribution >= 0.6 is 23.5 Å². The Morgan fingerprint density at radius 2 is 1.58 bits per heavy atom. The fourth-order valence-electron chi connectivity index (χ4n) is 5.94. The van der Waals surface area contributed by atoms with Crippen molar-refractivity contribution in [2.45, 2.75) is 54.4 Å². The van der Waals surface area contributed by atoms with Crippen LogP contribution in [0.5, 0.6) is 0 Å². The van der Waals surface area contributed by atoms with Gasteiger partial charge in [0.15, 0.2) is 0 Å². The molecule has 1 amide bonds. The SMILES string of the molecule is CC1CCN(S(=O)(=O)c2ccc(NC(=O)C3CC4CCC(C3)C43SCCS3)cc2)CC1. The standard InChI is InChI=1S/C23H32N2O3S3/c1-16-8-10-25(11-9-16)31(27,28)21-6-4-20(5-7-21)24-22(26)17-14-18-2-3-19(15-17)23(18)29-12-13-30-23/h4-7,16-19H,2-3,8-15H2,1H3,(H,24,26). The molecule has 1 N–H and O–H groups in total. The Morgan fingerprint density at radius 1 is 1.00 bits per heavy atom. The molecule has 2 aliphatic carbocycles. The van der Waals surface area contributed by atoms with Crippen molar-refractivity contribution < 1.29 is 13.2 Å². The Bertz CT molecular complexity index is 904. The minimum absolute atomic E-state index is 0.0728. The third-order valence-electron chi connectivity index (χ3n) is 7.75. The van der Waals surface area contributed by atoms with Crippen LogP contribution in [0, 0.1) is 23.7 Å². The van der Waals surface area contributed by atoms with Crippen LogP contribution in [0.1, 0.15) is 45.4 Å². The topological polar surface area (TPSA) is 66.5 Å². The lowest BCUT2D eigenvalue weighted by molar-refractivity contribution is -0.121. The van der Waals surface area contributed by atoms with Crippen molar-refractivity contribution in [2.24, 2.45) is 23.7 Å². The third kappa shape index (κ3) is 4.06. The van der Waals surface area contributed by atoms with Gasteiger partial charge in [0.05, 0.1) is 8.97 Å².